The molecule has 0 radical (unpaired) electrons. The van der Waals surface area contributed by atoms with Crippen molar-refractivity contribution in [3.05, 3.63) is 28.8 Å². The van der Waals surface area contributed by atoms with Gasteiger partial charge in [-0.1, -0.05) is 17.7 Å². The van der Waals surface area contributed by atoms with Crippen LogP contribution in [0, 0.1) is 0 Å². The minimum absolute atomic E-state index is 0.150. The Balaban J connectivity index is 2.81. The first kappa shape index (κ1) is 14.8. The lowest BCUT2D eigenvalue weighted by atomic mass is 10.1. The number of methoxy groups -OCH3 is 1. The van der Waals surface area contributed by atoms with Crippen molar-refractivity contribution in [1.29, 1.82) is 0 Å². The fraction of sp³-hybridized carbons (Fsp3) is 0.417. The van der Waals surface area contributed by atoms with Gasteiger partial charge in [0.2, 0.25) is 0 Å². The van der Waals surface area contributed by atoms with E-state index in [-0.39, 0.29) is 24.6 Å². The molecule has 0 aliphatic carbocycles. The van der Waals surface area contributed by atoms with Gasteiger partial charge >= 0.3 is 0 Å². The van der Waals surface area contributed by atoms with Gasteiger partial charge in [-0.3, -0.25) is 4.79 Å². The van der Waals surface area contributed by atoms with Crippen LogP contribution in [0.4, 0.5) is 5.69 Å². The number of carbonyl (C=O) groups excluding carboxylic acids is 1. The minimum atomic E-state index is -0.743. The third kappa shape index (κ3) is 3.60. The summed E-state index contributed by atoms with van der Waals surface area (Å²) in [6.45, 7) is 0.312. The van der Waals surface area contributed by atoms with Crippen LogP contribution in [-0.2, 0) is 4.74 Å². The number of likely N-dealkylation sites (N-methyl/N-ethyl adjacent to an activating group) is 1. The Bertz CT molecular complexity index is 406. The molecular weight excluding hydrogens is 256 g/mol. The normalized spacial score (nSPS) is 12.2. The number of rotatable bonds is 5. The fourth-order valence-corrected chi connectivity index (χ4v) is 1.86. The molecule has 1 rings (SSSR count). The molecule has 0 aliphatic rings. The van der Waals surface area contributed by atoms with Crippen molar-refractivity contribution in [3.8, 4) is 0 Å². The highest BCUT2D eigenvalue weighted by Crippen LogP contribution is 2.23. The van der Waals surface area contributed by atoms with Crippen LogP contribution in [0.3, 0.4) is 0 Å². The van der Waals surface area contributed by atoms with Crippen LogP contribution in [0.2, 0.25) is 5.02 Å². The maximum Gasteiger partial charge on any atom is 0.257 e. The predicted molar refractivity (Wildman–Crippen MR) is 70.7 cm³/mol. The van der Waals surface area contributed by atoms with Gasteiger partial charge in [-0.15, -0.1) is 0 Å². The van der Waals surface area contributed by atoms with Crippen molar-refractivity contribution in [2.75, 3.05) is 33.0 Å². The lowest BCUT2D eigenvalue weighted by Crippen LogP contribution is -2.36. The highest BCUT2D eigenvalue weighted by atomic mass is 35.5. The summed E-state index contributed by atoms with van der Waals surface area (Å²) in [4.78, 5) is 13.5. The zero-order valence-electron chi connectivity index (χ0n) is 10.4. The van der Waals surface area contributed by atoms with Crippen molar-refractivity contribution in [2.24, 2.45) is 0 Å². The Hall–Kier alpha value is -1.30. The largest absolute Gasteiger partial charge is 0.398 e. The average Bonchev–Trinajstić information content (AvgIpc) is 2.28. The first-order valence-corrected chi connectivity index (χ1v) is 5.81. The standard InChI is InChI=1S/C12H17ClN2O3/c1-15(6-8(16)7-18-2)12(17)11-9(13)4-3-5-10(11)14/h3-5,8,16H,6-7,14H2,1-2H3. The number of benzene rings is 1. The van der Waals surface area contributed by atoms with E-state index in [4.69, 9.17) is 22.1 Å². The van der Waals surface area contributed by atoms with Crippen molar-refractivity contribution >= 4 is 23.2 Å². The van der Waals surface area contributed by atoms with E-state index in [1.807, 2.05) is 0 Å². The van der Waals surface area contributed by atoms with Crippen LogP contribution in [0.15, 0.2) is 18.2 Å². The van der Waals surface area contributed by atoms with Crippen LogP contribution >= 0.6 is 11.6 Å². The number of ether oxygens (including phenoxy) is 1. The molecule has 0 saturated carbocycles. The minimum Gasteiger partial charge on any atom is -0.398 e. The second kappa shape index (κ2) is 6.58. The van der Waals surface area contributed by atoms with Crippen LogP contribution in [-0.4, -0.2) is 49.3 Å². The van der Waals surface area contributed by atoms with E-state index in [0.717, 1.165) is 0 Å². The summed E-state index contributed by atoms with van der Waals surface area (Å²) >= 11 is 5.95. The van der Waals surface area contributed by atoms with Gasteiger partial charge < -0.3 is 20.5 Å². The Morgan fingerprint density at radius 3 is 2.83 bits per heavy atom. The number of hydrogen-bond donors (Lipinski definition) is 2. The molecule has 0 bridgehead atoms. The van der Waals surface area contributed by atoms with Crippen molar-refractivity contribution < 1.29 is 14.6 Å². The molecule has 0 saturated heterocycles. The first-order chi connectivity index (χ1) is 8.47. The maximum atomic E-state index is 12.1. The molecule has 1 amide bonds. The van der Waals surface area contributed by atoms with E-state index in [0.29, 0.717) is 10.7 Å². The topological polar surface area (TPSA) is 75.8 Å². The van der Waals surface area contributed by atoms with Gasteiger partial charge in [-0.25, -0.2) is 0 Å². The molecule has 0 spiro atoms. The molecule has 1 aromatic rings. The number of carbonyl (C=O) groups is 1. The summed E-state index contributed by atoms with van der Waals surface area (Å²) in [5, 5.41) is 9.87. The molecule has 6 heteroatoms. The van der Waals surface area contributed by atoms with Gasteiger partial charge in [-0.2, -0.15) is 0 Å². The number of halogens is 1. The molecule has 0 heterocycles. The van der Waals surface area contributed by atoms with E-state index >= 15 is 0 Å². The Labute approximate surface area is 111 Å². The molecule has 0 aromatic heterocycles. The van der Waals surface area contributed by atoms with Crippen molar-refractivity contribution in [2.45, 2.75) is 6.10 Å². The number of amides is 1. The summed E-state index contributed by atoms with van der Waals surface area (Å²) in [5.74, 6) is -0.326. The quantitative estimate of drug-likeness (QED) is 0.784. The molecule has 0 aliphatic heterocycles. The monoisotopic (exact) mass is 272 g/mol. The van der Waals surface area contributed by atoms with E-state index in [1.165, 1.54) is 12.0 Å². The van der Waals surface area contributed by atoms with E-state index in [2.05, 4.69) is 0 Å². The zero-order chi connectivity index (χ0) is 13.7. The van der Waals surface area contributed by atoms with Crippen molar-refractivity contribution in [1.82, 2.24) is 4.90 Å². The van der Waals surface area contributed by atoms with Gasteiger partial charge in [0.05, 0.1) is 23.3 Å². The number of aliphatic hydroxyl groups is 1. The fourth-order valence-electron chi connectivity index (χ4n) is 1.60. The molecule has 1 aromatic carbocycles. The Morgan fingerprint density at radius 1 is 1.61 bits per heavy atom. The Kier molecular flexibility index (Phi) is 5.40. The van der Waals surface area contributed by atoms with Gasteiger partial charge in [0.25, 0.3) is 5.91 Å². The second-order valence-electron chi connectivity index (χ2n) is 4.00. The molecule has 1 atom stereocenters. The van der Waals surface area contributed by atoms with Crippen molar-refractivity contribution in [3.63, 3.8) is 0 Å². The summed E-state index contributed by atoms with van der Waals surface area (Å²) < 4.78 is 4.80. The lowest BCUT2D eigenvalue weighted by Gasteiger charge is -2.21. The molecule has 1 unspecified atom stereocenters. The third-order valence-electron chi connectivity index (χ3n) is 2.45. The van der Waals surface area contributed by atoms with Crippen LogP contribution < -0.4 is 5.73 Å². The van der Waals surface area contributed by atoms with E-state index in [1.54, 1.807) is 25.2 Å². The van der Waals surface area contributed by atoms with Crippen LogP contribution in [0.25, 0.3) is 0 Å². The van der Waals surface area contributed by atoms with Gasteiger partial charge in [0.15, 0.2) is 0 Å². The highest BCUT2D eigenvalue weighted by molar-refractivity contribution is 6.34. The summed E-state index contributed by atoms with van der Waals surface area (Å²) in [6, 6.07) is 4.89. The average molecular weight is 273 g/mol. The number of anilines is 1. The van der Waals surface area contributed by atoms with Gasteiger partial charge in [0, 0.05) is 26.4 Å². The smallest absolute Gasteiger partial charge is 0.257 e. The second-order valence-corrected chi connectivity index (χ2v) is 4.41. The number of nitrogen functional groups attached to an aromatic ring is 1. The molecule has 5 nitrogen and oxygen atoms in total. The summed E-state index contributed by atoms with van der Waals surface area (Å²) in [7, 11) is 3.06. The molecule has 3 N–H and O–H groups in total. The SMILES string of the molecule is COCC(O)CN(C)C(=O)c1c(N)cccc1Cl. The number of hydrogen-bond acceptors (Lipinski definition) is 4. The predicted octanol–water partition coefficient (Wildman–Crippen LogP) is 1.00. The highest BCUT2D eigenvalue weighted by Gasteiger charge is 2.19. The van der Waals surface area contributed by atoms with Gasteiger partial charge in [0.1, 0.15) is 0 Å². The zero-order valence-corrected chi connectivity index (χ0v) is 11.1. The van der Waals surface area contributed by atoms with E-state index in [9.17, 15) is 9.90 Å². The molecule has 0 fully saturated rings. The molecule has 100 valence electrons. The maximum absolute atomic E-state index is 12.1. The summed E-state index contributed by atoms with van der Waals surface area (Å²) in [6.07, 6.45) is -0.743. The first-order valence-electron chi connectivity index (χ1n) is 5.43. The van der Waals surface area contributed by atoms with Crippen LogP contribution in [0.5, 0.6) is 0 Å². The molecular formula is C12H17ClN2O3. The third-order valence-corrected chi connectivity index (χ3v) is 2.77. The van der Waals surface area contributed by atoms with Gasteiger partial charge in [-0.05, 0) is 12.1 Å². The summed E-state index contributed by atoms with van der Waals surface area (Å²) in [5.41, 5.74) is 6.31. The number of aliphatic hydroxyl groups excluding tert-OH is 1. The number of nitrogens with two attached hydrogens (primary N) is 1. The lowest BCUT2D eigenvalue weighted by molar-refractivity contribution is 0.0380. The Morgan fingerprint density at radius 2 is 2.28 bits per heavy atom. The molecule has 18 heavy (non-hydrogen) atoms. The van der Waals surface area contributed by atoms with E-state index < -0.39 is 6.10 Å². The number of nitrogens with zero attached hydrogens (tertiary/aromatic N) is 1. The van der Waals surface area contributed by atoms with Crippen LogP contribution in [0.1, 0.15) is 10.4 Å².